The molecule has 1 aromatic carbocycles. The number of hydrogen-bond donors (Lipinski definition) is 3. The van der Waals surface area contributed by atoms with Crippen LogP contribution in [0, 0.1) is 0 Å². The van der Waals surface area contributed by atoms with Crippen molar-refractivity contribution >= 4 is 11.9 Å². The maximum absolute atomic E-state index is 11.8. The molecule has 0 radical (unpaired) electrons. The zero-order chi connectivity index (χ0) is 15.2. The lowest BCUT2D eigenvalue weighted by Gasteiger charge is -2.05. The van der Waals surface area contributed by atoms with E-state index in [2.05, 4.69) is 10.5 Å². The van der Waals surface area contributed by atoms with E-state index < -0.39 is 18.0 Å². The van der Waals surface area contributed by atoms with Gasteiger partial charge in [0.15, 0.2) is 17.6 Å². The van der Waals surface area contributed by atoms with Crippen molar-refractivity contribution in [1.82, 2.24) is 10.5 Å². The van der Waals surface area contributed by atoms with Gasteiger partial charge in [-0.3, -0.25) is 4.79 Å². The number of nitrogens with zero attached hydrogens (tertiary/aromatic N) is 1. The van der Waals surface area contributed by atoms with Crippen molar-refractivity contribution in [2.24, 2.45) is 0 Å². The molecule has 0 aliphatic carbocycles. The fourth-order valence-corrected chi connectivity index (χ4v) is 1.66. The Labute approximate surface area is 120 Å². The molecule has 7 heteroatoms. The molecule has 7 nitrogen and oxygen atoms in total. The van der Waals surface area contributed by atoms with Gasteiger partial charge in [-0.1, -0.05) is 35.5 Å². The molecule has 110 valence electrons. The summed E-state index contributed by atoms with van der Waals surface area (Å²) < 4.78 is 5.08. The Balaban J connectivity index is 1.92. The van der Waals surface area contributed by atoms with Gasteiger partial charge in [0, 0.05) is 24.6 Å². The average Bonchev–Trinajstić information content (AvgIpc) is 2.97. The smallest absolute Gasteiger partial charge is 0.332 e. The van der Waals surface area contributed by atoms with Crippen LogP contribution in [0.4, 0.5) is 0 Å². The normalized spacial score (nSPS) is 11.9. The van der Waals surface area contributed by atoms with E-state index in [0.29, 0.717) is 5.76 Å². The molecule has 0 spiro atoms. The number of aliphatic hydroxyl groups is 1. The van der Waals surface area contributed by atoms with Crippen molar-refractivity contribution in [1.29, 1.82) is 0 Å². The Bertz CT molecular complexity index is 623. The molecule has 0 aliphatic heterocycles. The number of aliphatic hydroxyl groups excluding tert-OH is 1. The van der Waals surface area contributed by atoms with Gasteiger partial charge in [0.1, 0.15) is 0 Å². The van der Waals surface area contributed by atoms with E-state index in [1.54, 1.807) is 0 Å². The molecule has 0 aliphatic rings. The zero-order valence-corrected chi connectivity index (χ0v) is 11.0. The van der Waals surface area contributed by atoms with Crippen molar-refractivity contribution in [3.63, 3.8) is 0 Å². The highest BCUT2D eigenvalue weighted by molar-refractivity contribution is 5.93. The van der Waals surface area contributed by atoms with Gasteiger partial charge >= 0.3 is 5.97 Å². The predicted octanol–water partition coefficient (Wildman–Crippen LogP) is 0.907. The minimum Gasteiger partial charge on any atom is -0.479 e. The number of nitrogens with one attached hydrogen (secondary N) is 1. The minimum absolute atomic E-state index is 0.0276. The summed E-state index contributed by atoms with van der Waals surface area (Å²) in [4.78, 5) is 22.2. The van der Waals surface area contributed by atoms with Gasteiger partial charge in [0.25, 0.3) is 5.91 Å². The molecule has 0 saturated carbocycles. The van der Waals surface area contributed by atoms with E-state index in [0.717, 1.165) is 5.56 Å². The van der Waals surface area contributed by atoms with Crippen LogP contribution in [-0.2, 0) is 4.79 Å². The molecule has 0 bridgehead atoms. The van der Waals surface area contributed by atoms with Gasteiger partial charge in [-0.25, -0.2) is 4.79 Å². The Morgan fingerprint density at radius 1 is 1.29 bits per heavy atom. The molecular formula is C14H14N2O5. The van der Waals surface area contributed by atoms with Gasteiger partial charge in [-0.2, -0.15) is 0 Å². The molecule has 0 fully saturated rings. The van der Waals surface area contributed by atoms with Crippen molar-refractivity contribution in [2.45, 2.75) is 12.5 Å². The number of carbonyl (C=O) groups excluding carboxylic acids is 1. The van der Waals surface area contributed by atoms with Crippen LogP contribution < -0.4 is 5.32 Å². The summed E-state index contributed by atoms with van der Waals surface area (Å²) in [6.45, 7) is 0.0276. The van der Waals surface area contributed by atoms with Crippen molar-refractivity contribution in [2.75, 3.05) is 6.54 Å². The number of aromatic nitrogens is 1. The van der Waals surface area contributed by atoms with Crippen molar-refractivity contribution < 1.29 is 24.3 Å². The number of rotatable bonds is 6. The molecule has 0 saturated heterocycles. The highest BCUT2D eigenvalue weighted by atomic mass is 16.5. The van der Waals surface area contributed by atoms with Crippen LogP contribution in [0.5, 0.6) is 0 Å². The number of hydrogen-bond acceptors (Lipinski definition) is 5. The Morgan fingerprint density at radius 2 is 2.00 bits per heavy atom. The molecular weight excluding hydrogens is 276 g/mol. The van der Waals surface area contributed by atoms with E-state index in [4.69, 9.17) is 14.7 Å². The van der Waals surface area contributed by atoms with Crippen LogP contribution in [0.15, 0.2) is 40.9 Å². The van der Waals surface area contributed by atoms with E-state index in [-0.39, 0.29) is 18.7 Å². The Kier molecular flexibility index (Phi) is 4.68. The van der Waals surface area contributed by atoms with Crippen LogP contribution in [0.3, 0.4) is 0 Å². The molecule has 1 atom stereocenters. The third-order valence-corrected chi connectivity index (χ3v) is 2.79. The Hall–Kier alpha value is -2.67. The van der Waals surface area contributed by atoms with Gasteiger partial charge in [0.05, 0.1) is 0 Å². The van der Waals surface area contributed by atoms with Gasteiger partial charge in [0.2, 0.25) is 0 Å². The fourth-order valence-electron chi connectivity index (χ4n) is 1.66. The monoisotopic (exact) mass is 290 g/mol. The third kappa shape index (κ3) is 3.90. The van der Waals surface area contributed by atoms with E-state index >= 15 is 0 Å². The number of carboxylic acid groups (broad SMARTS) is 1. The number of aliphatic carboxylic acids is 1. The van der Waals surface area contributed by atoms with Crippen LogP contribution in [0.1, 0.15) is 16.9 Å². The van der Waals surface area contributed by atoms with Gasteiger partial charge < -0.3 is 20.1 Å². The lowest BCUT2D eigenvalue weighted by Crippen LogP contribution is -2.30. The number of carbonyl (C=O) groups is 2. The lowest BCUT2D eigenvalue weighted by atomic mass is 10.1. The largest absolute Gasteiger partial charge is 0.479 e. The third-order valence-electron chi connectivity index (χ3n) is 2.79. The van der Waals surface area contributed by atoms with Crippen LogP contribution in [-0.4, -0.2) is 39.9 Å². The van der Waals surface area contributed by atoms with E-state index in [1.807, 2.05) is 30.3 Å². The van der Waals surface area contributed by atoms with Crippen LogP contribution in [0.2, 0.25) is 0 Å². The Morgan fingerprint density at radius 3 is 2.67 bits per heavy atom. The second-order valence-electron chi connectivity index (χ2n) is 4.34. The maximum atomic E-state index is 11.8. The first kappa shape index (κ1) is 14.7. The molecule has 21 heavy (non-hydrogen) atoms. The average molecular weight is 290 g/mol. The number of benzene rings is 1. The maximum Gasteiger partial charge on any atom is 0.332 e. The van der Waals surface area contributed by atoms with Crippen LogP contribution in [0.25, 0.3) is 11.3 Å². The second kappa shape index (κ2) is 6.67. The van der Waals surface area contributed by atoms with E-state index in [9.17, 15) is 9.59 Å². The molecule has 1 aromatic heterocycles. The van der Waals surface area contributed by atoms with Gasteiger partial charge in [-0.05, 0) is 0 Å². The first-order chi connectivity index (χ1) is 10.1. The molecule has 3 N–H and O–H groups in total. The topological polar surface area (TPSA) is 113 Å². The van der Waals surface area contributed by atoms with Crippen LogP contribution >= 0.6 is 0 Å². The standard InChI is InChI=1S/C14H14N2O5/c17-11(14(19)20)6-7-15-13(18)10-8-12(21-16-10)9-4-2-1-3-5-9/h1-5,8,11,17H,6-7H2,(H,15,18)(H,19,20). The molecule has 2 aromatic rings. The molecule has 2 rings (SSSR count). The summed E-state index contributed by atoms with van der Waals surface area (Å²) in [5.74, 6) is -1.35. The van der Waals surface area contributed by atoms with Crippen molar-refractivity contribution in [3.8, 4) is 11.3 Å². The minimum atomic E-state index is -1.50. The first-order valence-corrected chi connectivity index (χ1v) is 6.29. The zero-order valence-electron chi connectivity index (χ0n) is 11.0. The summed E-state index contributed by atoms with van der Waals surface area (Å²) in [6.07, 6.45) is -1.58. The second-order valence-corrected chi connectivity index (χ2v) is 4.34. The lowest BCUT2D eigenvalue weighted by molar-refractivity contribution is -0.146. The first-order valence-electron chi connectivity index (χ1n) is 6.29. The quantitative estimate of drug-likeness (QED) is 0.728. The summed E-state index contributed by atoms with van der Waals surface area (Å²) >= 11 is 0. The molecule has 1 amide bonds. The summed E-state index contributed by atoms with van der Waals surface area (Å²) in [7, 11) is 0. The van der Waals surface area contributed by atoms with Crippen molar-refractivity contribution in [3.05, 3.63) is 42.1 Å². The van der Waals surface area contributed by atoms with Gasteiger partial charge in [-0.15, -0.1) is 0 Å². The SMILES string of the molecule is O=C(NCCC(O)C(=O)O)c1cc(-c2ccccc2)on1. The summed E-state index contributed by atoms with van der Waals surface area (Å²) in [5.41, 5.74) is 0.893. The highest BCUT2D eigenvalue weighted by Crippen LogP contribution is 2.19. The highest BCUT2D eigenvalue weighted by Gasteiger charge is 2.16. The fraction of sp³-hybridized carbons (Fsp3) is 0.214. The number of carboxylic acids is 1. The summed E-state index contributed by atoms with van der Waals surface area (Å²) in [5, 5.41) is 23.7. The molecule has 1 unspecified atom stereocenters. The number of amides is 1. The molecule has 1 heterocycles. The predicted molar refractivity (Wildman–Crippen MR) is 72.5 cm³/mol. The summed E-state index contributed by atoms with van der Waals surface area (Å²) in [6, 6.07) is 10.7. The van der Waals surface area contributed by atoms with E-state index in [1.165, 1.54) is 6.07 Å².